The molecule has 1 unspecified atom stereocenters. The van der Waals surface area contributed by atoms with Crippen LogP contribution in [0.25, 0.3) is 0 Å². The number of thiocarbonyl (C=S) groups is 1. The van der Waals surface area contributed by atoms with Gasteiger partial charge >= 0.3 is 0 Å². The van der Waals surface area contributed by atoms with E-state index in [0.717, 1.165) is 19.5 Å². The molecule has 1 fully saturated rings. The van der Waals surface area contributed by atoms with Gasteiger partial charge in [-0.15, -0.1) is 0 Å². The summed E-state index contributed by atoms with van der Waals surface area (Å²) in [6, 6.07) is 0. The van der Waals surface area contributed by atoms with E-state index in [0.29, 0.717) is 31.1 Å². The first-order chi connectivity index (χ1) is 8.52. The van der Waals surface area contributed by atoms with Crippen LogP contribution in [0.5, 0.6) is 0 Å². The third-order valence-corrected chi connectivity index (χ3v) is 3.36. The molecule has 1 saturated heterocycles. The Balaban J connectivity index is 2.32. The lowest BCUT2D eigenvalue weighted by atomic mass is 10.2. The van der Waals surface area contributed by atoms with E-state index in [4.69, 9.17) is 22.7 Å². The fourth-order valence-electron chi connectivity index (χ4n) is 1.89. The van der Waals surface area contributed by atoms with Crippen molar-refractivity contribution < 1.29 is 9.53 Å². The minimum atomic E-state index is 0.114. The van der Waals surface area contributed by atoms with Gasteiger partial charge in [0.25, 0.3) is 0 Å². The van der Waals surface area contributed by atoms with E-state index in [1.165, 1.54) is 0 Å². The molecule has 1 rings (SSSR count). The molecule has 0 aromatic heterocycles. The van der Waals surface area contributed by atoms with Gasteiger partial charge in [-0.3, -0.25) is 9.69 Å². The van der Waals surface area contributed by atoms with Gasteiger partial charge in [0.15, 0.2) is 0 Å². The molecule has 104 valence electrons. The zero-order chi connectivity index (χ0) is 13.5. The normalized spacial score (nSPS) is 20.7. The van der Waals surface area contributed by atoms with E-state index in [1.54, 1.807) is 11.9 Å². The molecule has 0 aliphatic carbocycles. The highest BCUT2D eigenvalue weighted by Gasteiger charge is 2.21. The molecule has 0 aromatic carbocycles. The Morgan fingerprint density at radius 1 is 1.61 bits per heavy atom. The van der Waals surface area contributed by atoms with Crippen molar-refractivity contribution in [1.82, 2.24) is 9.80 Å². The Morgan fingerprint density at radius 2 is 2.33 bits per heavy atom. The second kappa shape index (κ2) is 7.66. The first kappa shape index (κ1) is 15.3. The number of hydrogen-bond donors (Lipinski definition) is 1. The number of amides is 1. The molecule has 0 spiro atoms. The van der Waals surface area contributed by atoms with Gasteiger partial charge in [0.05, 0.1) is 24.2 Å². The van der Waals surface area contributed by atoms with Crippen molar-refractivity contribution in [3.63, 3.8) is 0 Å². The van der Waals surface area contributed by atoms with Crippen LogP contribution in [0.2, 0.25) is 0 Å². The van der Waals surface area contributed by atoms with Gasteiger partial charge in [0.1, 0.15) is 0 Å². The Labute approximate surface area is 114 Å². The molecule has 1 amide bonds. The Hall–Kier alpha value is -0.720. The molecule has 0 saturated carbocycles. The summed E-state index contributed by atoms with van der Waals surface area (Å²) in [5.74, 6) is 0.114. The summed E-state index contributed by atoms with van der Waals surface area (Å²) in [6.45, 7) is 5.52. The minimum Gasteiger partial charge on any atom is -0.393 e. The number of rotatable bonds is 6. The summed E-state index contributed by atoms with van der Waals surface area (Å²) in [7, 11) is 1.79. The fraction of sp³-hybridized carbons (Fsp3) is 0.833. The maximum atomic E-state index is 12.0. The Bertz CT molecular complexity index is 299. The van der Waals surface area contributed by atoms with Crippen LogP contribution in [0.3, 0.4) is 0 Å². The molecule has 1 aliphatic heterocycles. The van der Waals surface area contributed by atoms with Crippen molar-refractivity contribution >= 4 is 23.1 Å². The van der Waals surface area contributed by atoms with E-state index in [1.807, 2.05) is 0 Å². The number of nitrogens with two attached hydrogens (primary N) is 1. The molecule has 2 N–H and O–H groups in total. The van der Waals surface area contributed by atoms with E-state index in [2.05, 4.69) is 11.8 Å². The summed E-state index contributed by atoms with van der Waals surface area (Å²) in [5.41, 5.74) is 5.43. The Morgan fingerprint density at radius 3 is 2.94 bits per heavy atom. The number of morpholine rings is 1. The van der Waals surface area contributed by atoms with Crippen LogP contribution in [0.4, 0.5) is 0 Å². The number of nitrogens with zero attached hydrogens (tertiary/aromatic N) is 2. The Kier molecular flexibility index (Phi) is 6.52. The third-order valence-electron chi connectivity index (χ3n) is 3.16. The molecule has 0 aromatic rings. The SMILES string of the molecule is CCC1CN(CC(=O)N(C)CCC(N)=S)CCO1. The summed E-state index contributed by atoms with van der Waals surface area (Å²) >= 11 is 4.81. The van der Waals surface area contributed by atoms with E-state index in [-0.39, 0.29) is 12.0 Å². The van der Waals surface area contributed by atoms with Crippen LogP contribution < -0.4 is 5.73 Å². The van der Waals surface area contributed by atoms with Gasteiger partial charge in [-0.1, -0.05) is 19.1 Å². The molecule has 0 bridgehead atoms. The highest BCUT2D eigenvalue weighted by molar-refractivity contribution is 7.80. The molecule has 6 heteroatoms. The fourth-order valence-corrected chi connectivity index (χ4v) is 1.98. The smallest absolute Gasteiger partial charge is 0.236 e. The van der Waals surface area contributed by atoms with Crippen molar-refractivity contribution in [3.05, 3.63) is 0 Å². The van der Waals surface area contributed by atoms with E-state index >= 15 is 0 Å². The standard InChI is InChI=1S/C12H23N3O2S/c1-3-10-8-15(6-7-17-10)9-12(16)14(2)5-4-11(13)18/h10H,3-9H2,1-2H3,(H2,13,18). The predicted octanol–water partition coefficient (Wildman–Crippen LogP) is 0.232. The van der Waals surface area contributed by atoms with Crippen LogP contribution in [0.1, 0.15) is 19.8 Å². The molecule has 5 nitrogen and oxygen atoms in total. The third kappa shape index (κ3) is 5.29. The van der Waals surface area contributed by atoms with Gasteiger partial charge in [-0.25, -0.2) is 0 Å². The van der Waals surface area contributed by atoms with Crippen LogP contribution in [0, 0.1) is 0 Å². The van der Waals surface area contributed by atoms with Gasteiger partial charge in [-0.2, -0.15) is 0 Å². The lowest BCUT2D eigenvalue weighted by Gasteiger charge is -2.32. The summed E-state index contributed by atoms with van der Waals surface area (Å²) in [5, 5.41) is 0. The zero-order valence-electron chi connectivity index (χ0n) is 11.2. The van der Waals surface area contributed by atoms with Crippen molar-refractivity contribution in [3.8, 4) is 0 Å². The van der Waals surface area contributed by atoms with E-state index < -0.39 is 0 Å². The lowest BCUT2D eigenvalue weighted by molar-refractivity contribution is -0.133. The highest BCUT2D eigenvalue weighted by atomic mass is 32.1. The molecule has 1 atom stereocenters. The second-order valence-electron chi connectivity index (χ2n) is 4.67. The number of carbonyl (C=O) groups is 1. The zero-order valence-corrected chi connectivity index (χ0v) is 12.0. The highest BCUT2D eigenvalue weighted by Crippen LogP contribution is 2.08. The van der Waals surface area contributed by atoms with Crippen molar-refractivity contribution in [2.24, 2.45) is 5.73 Å². The maximum Gasteiger partial charge on any atom is 0.236 e. The van der Waals surface area contributed by atoms with Gasteiger partial charge < -0.3 is 15.4 Å². The van der Waals surface area contributed by atoms with Gasteiger partial charge in [-0.05, 0) is 6.42 Å². The number of carbonyl (C=O) groups excluding carboxylic acids is 1. The van der Waals surface area contributed by atoms with Crippen molar-refractivity contribution in [2.75, 3.05) is 39.8 Å². The molecule has 1 heterocycles. The van der Waals surface area contributed by atoms with Gasteiger partial charge in [0, 0.05) is 33.1 Å². The summed E-state index contributed by atoms with van der Waals surface area (Å²) in [6.07, 6.45) is 1.83. The first-order valence-electron chi connectivity index (χ1n) is 6.39. The molecular weight excluding hydrogens is 250 g/mol. The summed E-state index contributed by atoms with van der Waals surface area (Å²) in [4.78, 5) is 16.3. The van der Waals surface area contributed by atoms with Crippen LogP contribution >= 0.6 is 12.2 Å². The van der Waals surface area contributed by atoms with Crippen LogP contribution in [-0.2, 0) is 9.53 Å². The predicted molar refractivity (Wildman–Crippen MR) is 75.5 cm³/mol. The van der Waals surface area contributed by atoms with E-state index in [9.17, 15) is 4.79 Å². The number of hydrogen-bond acceptors (Lipinski definition) is 4. The second-order valence-corrected chi connectivity index (χ2v) is 5.19. The van der Waals surface area contributed by atoms with Crippen molar-refractivity contribution in [1.29, 1.82) is 0 Å². The average molecular weight is 273 g/mol. The maximum absolute atomic E-state index is 12.0. The molecule has 1 aliphatic rings. The first-order valence-corrected chi connectivity index (χ1v) is 6.80. The molecule has 18 heavy (non-hydrogen) atoms. The minimum absolute atomic E-state index is 0.114. The molecular formula is C12H23N3O2S. The quantitative estimate of drug-likeness (QED) is 0.702. The largest absolute Gasteiger partial charge is 0.393 e. The monoisotopic (exact) mass is 273 g/mol. The van der Waals surface area contributed by atoms with Crippen LogP contribution in [-0.4, -0.2) is 66.6 Å². The van der Waals surface area contributed by atoms with Gasteiger partial charge in [0.2, 0.25) is 5.91 Å². The van der Waals surface area contributed by atoms with Crippen LogP contribution in [0.15, 0.2) is 0 Å². The molecule has 0 radical (unpaired) electrons. The van der Waals surface area contributed by atoms with Crippen molar-refractivity contribution in [2.45, 2.75) is 25.9 Å². The topological polar surface area (TPSA) is 58.8 Å². The average Bonchev–Trinajstić information content (AvgIpc) is 2.36. The summed E-state index contributed by atoms with van der Waals surface area (Å²) < 4.78 is 5.58. The lowest BCUT2D eigenvalue weighted by Crippen LogP contribution is -2.47. The number of likely N-dealkylation sites (N-methyl/N-ethyl adjacent to an activating group) is 1. The number of ether oxygens (including phenoxy) is 1.